The monoisotopic (exact) mass is 161 g/mol. The predicted octanol–water partition coefficient (Wildman–Crippen LogP) is 1.18. The number of carbonyl (C=O) groups excluding carboxylic acids is 1. The van der Waals surface area contributed by atoms with Gasteiger partial charge in [-0.3, -0.25) is 4.79 Å². The molecular weight excluding hydrogens is 154 g/mol. The Morgan fingerprint density at radius 2 is 2.17 bits per heavy atom. The zero-order valence-electron chi connectivity index (χ0n) is 6.36. The molecule has 12 heavy (non-hydrogen) atoms. The van der Waals surface area contributed by atoms with E-state index < -0.39 is 0 Å². The first-order valence-corrected chi connectivity index (χ1v) is 3.67. The van der Waals surface area contributed by atoms with E-state index in [-0.39, 0.29) is 5.78 Å². The van der Waals surface area contributed by atoms with Gasteiger partial charge in [-0.15, -0.1) is 0 Å². The Bertz CT molecular complexity index is 344. The van der Waals surface area contributed by atoms with Gasteiger partial charge < -0.3 is 4.84 Å². The number of carbonyl (C=O) groups is 1. The lowest BCUT2D eigenvalue weighted by molar-refractivity contribution is -0.111. The Balaban J connectivity index is 2.44. The molecule has 0 aromatic heterocycles. The molecule has 0 aliphatic carbocycles. The van der Waals surface area contributed by atoms with Crippen LogP contribution in [0.3, 0.4) is 0 Å². The van der Waals surface area contributed by atoms with Crippen molar-refractivity contribution in [3.63, 3.8) is 0 Å². The minimum absolute atomic E-state index is 0.0278. The van der Waals surface area contributed by atoms with Crippen molar-refractivity contribution < 1.29 is 9.63 Å². The molecule has 0 unspecified atom stereocenters. The molecule has 1 aliphatic heterocycles. The van der Waals surface area contributed by atoms with Gasteiger partial charge in [0.1, 0.15) is 6.21 Å². The number of oxime groups is 1. The van der Waals surface area contributed by atoms with Gasteiger partial charge >= 0.3 is 0 Å². The van der Waals surface area contributed by atoms with Crippen molar-refractivity contribution in [1.82, 2.24) is 0 Å². The molecule has 3 heteroatoms. The van der Waals surface area contributed by atoms with Crippen LogP contribution < -0.4 is 4.84 Å². The lowest BCUT2D eigenvalue weighted by atomic mass is 10.1. The number of benzene rings is 1. The molecule has 1 aromatic carbocycles. The van der Waals surface area contributed by atoms with E-state index in [2.05, 4.69) is 5.16 Å². The quantitative estimate of drug-likeness (QED) is 0.573. The lowest BCUT2D eigenvalue weighted by Gasteiger charge is -2.00. The summed E-state index contributed by atoms with van der Waals surface area (Å²) in [6.45, 7) is 0. The van der Waals surface area contributed by atoms with E-state index in [4.69, 9.17) is 4.84 Å². The minimum atomic E-state index is -0.0278. The van der Waals surface area contributed by atoms with Crippen molar-refractivity contribution in [3.8, 4) is 5.75 Å². The standard InChI is InChI=1S/C9H7NO2/c11-8-5-7-3-1-2-4-9(7)12-10-6-8/h1-4,6H,5H2. The highest BCUT2D eigenvalue weighted by atomic mass is 16.6. The van der Waals surface area contributed by atoms with Crippen LogP contribution in [-0.4, -0.2) is 12.0 Å². The van der Waals surface area contributed by atoms with Crippen LogP contribution in [0.4, 0.5) is 0 Å². The van der Waals surface area contributed by atoms with Crippen LogP contribution in [0.1, 0.15) is 5.56 Å². The van der Waals surface area contributed by atoms with Gasteiger partial charge in [0.25, 0.3) is 0 Å². The average molecular weight is 161 g/mol. The molecule has 0 saturated heterocycles. The third-order valence-electron chi connectivity index (χ3n) is 1.69. The van der Waals surface area contributed by atoms with Crippen molar-refractivity contribution in [3.05, 3.63) is 29.8 Å². The van der Waals surface area contributed by atoms with Crippen molar-refractivity contribution in [1.29, 1.82) is 0 Å². The largest absolute Gasteiger partial charge is 0.357 e. The fourth-order valence-corrected chi connectivity index (χ4v) is 1.11. The van der Waals surface area contributed by atoms with Crippen LogP contribution in [0.15, 0.2) is 29.4 Å². The summed E-state index contributed by atoms with van der Waals surface area (Å²) in [5.74, 6) is 0.638. The Morgan fingerprint density at radius 1 is 1.33 bits per heavy atom. The molecule has 1 heterocycles. The average Bonchev–Trinajstić information content (AvgIpc) is 2.25. The van der Waals surface area contributed by atoms with Crippen molar-refractivity contribution in [2.75, 3.05) is 0 Å². The van der Waals surface area contributed by atoms with Crippen molar-refractivity contribution in [2.24, 2.45) is 5.16 Å². The molecule has 0 radical (unpaired) electrons. The second-order valence-corrected chi connectivity index (χ2v) is 2.58. The summed E-state index contributed by atoms with van der Waals surface area (Å²) in [7, 11) is 0. The van der Waals surface area contributed by atoms with Gasteiger partial charge in [-0.25, -0.2) is 0 Å². The van der Waals surface area contributed by atoms with Gasteiger partial charge in [0.05, 0.1) is 0 Å². The molecule has 0 bridgehead atoms. The zero-order valence-corrected chi connectivity index (χ0v) is 6.36. The summed E-state index contributed by atoms with van der Waals surface area (Å²) < 4.78 is 0. The van der Waals surface area contributed by atoms with Crippen molar-refractivity contribution in [2.45, 2.75) is 6.42 Å². The summed E-state index contributed by atoms with van der Waals surface area (Å²) >= 11 is 0. The molecule has 0 spiro atoms. The summed E-state index contributed by atoms with van der Waals surface area (Å²) in [6.07, 6.45) is 1.58. The van der Waals surface area contributed by atoms with Gasteiger partial charge in [-0.1, -0.05) is 23.4 Å². The molecule has 0 N–H and O–H groups in total. The van der Waals surface area contributed by atoms with E-state index in [0.29, 0.717) is 12.2 Å². The third kappa shape index (κ3) is 1.21. The summed E-state index contributed by atoms with van der Waals surface area (Å²) in [6, 6.07) is 7.39. The summed E-state index contributed by atoms with van der Waals surface area (Å²) in [5.41, 5.74) is 0.889. The topological polar surface area (TPSA) is 38.7 Å². The van der Waals surface area contributed by atoms with Crippen molar-refractivity contribution >= 4 is 12.0 Å². The Labute approximate surface area is 69.6 Å². The molecule has 0 saturated carbocycles. The van der Waals surface area contributed by atoms with E-state index in [1.54, 1.807) is 6.07 Å². The smallest absolute Gasteiger partial charge is 0.181 e. The number of hydrogen-bond acceptors (Lipinski definition) is 3. The molecule has 0 atom stereocenters. The summed E-state index contributed by atoms with van der Waals surface area (Å²) in [4.78, 5) is 16.0. The van der Waals surface area contributed by atoms with Gasteiger partial charge in [0.15, 0.2) is 11.5 Å². The molecule has 2 rings (SSSR count). The number of hydrogen-bond donors (Lipinski definition) is 0. The van der Waals surface area contributed by atoms with E-state index >= 15 is 0 Å². The number of fused-ring (bicyclic) bond motifs is 1. The van der Waals surface area contributed by atoms with Crippen LogP contribution in [0.5, 0.6) is 5.75 Å². The zero-order chi connectivity index (χ0) is 8.39. The highest BCUT2D eigenvalue weighted by Gasteiger charge is 2.10. The first kappa shape index (κ1) is 7.03. The first-order chi connectivity index (χ1) is 5.86. The minimum Gasteiger partial charge on any atom is -0.357 e. The van der Waals surface area contributed by atoms with Gasteiger partial charge in [-0.2, -0.15) is 0 Å². The van der Waals surface area contributed by atoms with Crippen LogP contribution in [0, 0.1) is 0 Å². The number of para-hydroxylation sites is 1. The van der Waals surface area contributed by atoms with E-state index in [1.807, 2.05) is 18.2 Å². The number of ketones is 1. The molecule has 3 nitrogen and oxygen atoms in total. The molecule has 1 aromatic rings. The van der Waals surface area contributed by atoms with Crippen LogP contribution in [0.25, 0.3) is 0 Å². The fraction of sp³-hybridized carbons (Fsp3) is 0.111. The Morgan fingerprint density at radius 3 is 3.08 bits per heavy atom. The number of rotatable bonds is 0. The third-order valence-corrected chi connectivity index (χ3v) is 1.69. The van der Waals surface area contributed by atoms with E-state index in [9.17, 15) is 4.79 Å². The fourth-order valence-electron chi connectivity index (χ4n) is 1.11. The van der Waals surface area contributed by atoms with Gasteiger partial charge in [0.2, 0.25) is 0 Å². The number of nitrogens with zero attached hydrogens (tertiary/aromatic N) is 1. The maximum atomic E-state index is 11.0. The van der Waals surface area contributed by atoms with Gasteiger partial charge in [-0.05, 0) is 6.07 Å². The molecule has 60 valence electrons. The van der Waals surface area contributed by atoms with Crippen LogP contribution in [-0.2, 0) is 11.2 Å². The highest BCUT2D eigenvalue weighted by Crippen LogP contribution is 2.19. The Hall–Kier alpha value is -1.64. The van der Waals surface area contributed by atoms with E-state index in [0.717, 1.165) is 5.56 Å². The van der Waals surface area contributed by atoms with Gasteiger partial charge in [0, 0.05) is 12.0 Å². The van der Waals surface area contributed by atoms with Crippen LogP contribution in [0.2, 0.25) is 0 Å². The SMILES string of the molecule is O=C1C=NOc2ccccc2C1. The molecule has 0 amide bonds. The second-order valence-electron chi connectivity index (χ2n) is 2.58. The second kappa shape index (κ2) is 2.77. The predicted molar refractivity (Wildman–Crippen MR) is 44.3 cm³/mol. The summed E-state index contributed by atoms with van der Waals surface area (Å²) in [5, 5.41) is 3.52. The Kier molecular flexibility index (Phi) is 1.63. The molecule has 0 fully saturated rings. The highest BCUT2D eigenvalue weighted by molar-refractivity contribution is 6.28. The first-order valence-electron chi connectivity index (χ1n) is 3.67. The molecule has 1 aliphatic rings. The van der Waals surface area contributed by atoms with E-state index in [1.165, 1.54) is 6.21 Å². The number of Topliss-reactive ketones (excluding diaryl/α,β-unsaturated/α-hetero) is 1. The maximum Gasteiger partial charge on any atom is 0.181 e. The maximum absolute atomic E-state index is 11.0. The van der Waals surface area contributed by atoms with Crippen LogP contribution >= 0.6 is 0 Å². The molecular formula is C9H7NO2. The normalized spacial score (nSPS) is 14.8. The lowest BCUT2D eigenvalue weighted by Crippen LogP contribution is -2.01.